The van der Waals surface area contributed by atoms with E-state index in [0.717, 1.165) is 49.3 Å². The molecule has 0 aliphatic carbocycles. The summed E-state index contributed by atoms with van der Waals surface area (Å²) in [6.45, 7) is 0. The normalized spacial score (nSPS) is 12.7. The second-order valence-corrected chi connectivity index (χ2v) is 14.8. The van der Waals surface area contributed by atoms with Gasteiger partial charge < -0.3 is 8.98 Å². The fraction of sp³-hybridized carbons (Fsp3) is 0. The third-order valence-corrected chi connectivity index (χ3v) is 11.0. The van der Waals surface area contributed by atoms with Crippen molar-refractivity contribution in [2.24, 2.45) is 0 Å². The first-order chi connectivity index (χ1) is 32.8. The molecule has 0 fully saturated rings. The van der Waals surface area contributed by atoms with Crippen LogP contribution >= 0.6 is 0 Å². The van der Waals surface area contributed by atoms with Crippen molar-refractivity contribution in [2.45, 2.75) is 0 Å². The summed E-state index contributed by atoms with van der Waals surface area (Å²) in [5.74, 6) is 1.66. The molecule has 0 spiro atoms. The van der Waals surface area contributed by atoms with Crippen LogP contribution in [0.2, 0.25) is 0 Å². The molecule has 62 heavy (non-hydrogen) atoms. The average molecular weight is 801 g/mol. The summed E-state index contributed by atoms with van der Waals surface area (Å²) in [5.41, 5.74) is 7.12. The highest BCUT2D eigenvalue weighted by Gasteiger charge is 2.22. The molecule has 12 aromatic rings. The number of para-hydroxylation sites is 3. The molecule has 0 radical (unpaired) electrons. The lowest BCUT2D eigenvalue weighted by Gasteiger charge is -2.16. The maximum absolute atomic E-state index is 9.04. The minimum absolute atomic E-state index is 0.0989. The molecule has 290 valence electrons. The molecule has 0 bridgehead atoms. The van der Waals surface area contributed by atoms with E-state index in [9.17, 15) is 0 Å². The van der Waals surface area contributed by atoms with Crippen molar-refractivity contribution in [1.82, 2.24) is 34.5 Å². The van der Waals surface area contributed by atoms with Crippen LogP contribution in [-0.4, -0.2) is 34.5 Å². The first kappa shape index (κ1) is 30.4. The van der Waals surface area contributed by atoms with E-state index in [4.69, 9.17) is 41.2 Å². The van der Waals surface area contributed by atoms with Crippen LogP contribution in [0.3, 0.4) is 0 Å². The van der Waals surface area contributed by atoms with Crippen molar-refractivity contribution in [1.29, 1.82) is 0 Å². The fourth-order valence-corrected chi connectivity index (χ4v) is 8.13. The highest BCUT2D eigenvalue weighted by atomic mass is 16.3. The van der Waals surface area contributed by atoms with Gasteiger partial charge in [-0.15, -0.1) is 0 Å². The molecule has 8 aromatic carbocycles. The summed E-state index contributed by atoms with van der Waals surface area (Å²) >= 11 is 0. The minimum atomic E-state index is -0.521. The van der Waals surface area contributed by atoms with Crippen LogP contribution in [0.4, 0.5) is 0 Å². The number of fused-ring (bicyclic) bond motifs is 6. The Bertz CT molecular complexity index is 3810. The van der Waals surface area contributed by atoms with Crippen LogP contribution in [-0.2, 0) is 0 Å². The zero-order valence-electron chi connectivity index (χ0n) is 37.7. The largest absolute Gasteiger partial charge is 0.456 e. The van der Waals surface area contributed by atoms with Gasteiger partial charge in [-0.25, -0.2) is 29.9 Å². The van der Waals surface area contributed by atoms with Crippen molar-refractivity contribution in [3.63, 3.8) is 0 Å². The quantitative estimate of drug-likeness (QED) is 0.158. The fourth-order valence-electron chi connectivity index (χ4n) is 8.13. The predicted octanol–water partition coefficient (Wildman–Crippen LogP) is 13.1. The Morgan fingerprint density at radius 1 is 0.355 bits per heavy atom. The second kappa shape index (κ2) is 14.6. The maximum Gasteiger partial charge on any atom is 0.166 e. The van der Waals surface area contributed by atoms with Crippen molar-refractivity contribution in [3.8, 4) is 74.0 Å². The van der Waals surface area contributed by atoms with E-state index in [1.54, 1.807) is 0 Å². The van der Waals surface area contributed by atoms with Crippen molar-refractivity contribution < 1.29 is 11.3 Å². The molecule has 0 atom stereocenters. The summed E-state index contributed by atoms with van der Waals surface area (Å²) < 4.78 is 52.2. The van der Waals surface area contributed by atoms with Gasteiger partial charge in [0.05, 0.1) is 23.6 Å². The van der Waals surface area contributed by atoms with Crippen LogP contribution in [0.1, 0.15) is 6.85 Å². The van der Waals surface area contributed by atoms with Gasteiger partial charge >= 0.3 is 0 Å². The summed E-state index contributed by atoms with van der Waals surface area (Å²) in [6.07, 6.45) is 0. The third-order valence-electron chi connectivity index (χ3n) is 11.0. The SMILES string of the molecule is [2H]c1c([2H])c([2H])c(-c2nc(-c3ccc4c(c3)oc3ccccc34)nc(-c3cc(-c4nc(-c5ccccc5)nc(-c5ccccc5)n4)ccc3-n3c4ccccc4c4ccccc43)n2)c([2H])c1[2H]. The number of aromatic nitrogens is 7. The van der Waals surface area contributed by atoms with E-state index in [-0.39, 0.29) is 23.0 Å². The number of nitrogens with zero attached hydrogens (tertiary/aromatic N) is 7. The maximum atomic E-state index is 9.04. The third kappa shape index (κ3) is 6.09. The summed E-state index contributed by atoms with van der Waals surface area (Å²) in [5, 5.41) is 3.95. The van der Waals surface area contributed by atoms with E-state index in [0.29, 0.717) is 45.4 Å². The smallest absolute Gasteiger partial charge is 0.166 e. The van der Waals surface area contributed by atoms with E-state index in [2.05, 4.69) is 28.8 Å². The van der Waals surface area contributed by atoms with Gasteiger partial charge in [-0.05, 0) is 48.5 Å². The molecule has 0 saturated heterocycles. The monoisotopic (exact) mass is 800 g/mol. The van der Waals surface area contributed by atoms with Gasteiger partial charge in [0.1, 0.15) is 11.2 Å². The van der Waals surface area contributed by atoms with E-state index < -0.39 is 30.2 Å². The van der Waals surface area contributed by atoms with Gasteiger partial charge in [0.2, 0.25) is 0 Å². The molecule has 8 nitrogen and oxygen atoms in total. The summed E-state index contributed by atoms with van der Waals surface area (Å²) in [6, 6.07) is 52.8. The van der Waals surface area contributed by atoms with Crippen LogP contribution in [0.15, 0.2) is 204 Å². The molecule has 4 heterocycles. The lowest BCUT2D eigenvalue weighted by atomic mass is 10.1. The van der Waals surface area contributed by atoms with Gasteiger partial charge in [-0.3, -0.25) is 0 Å². The topological polar surface area (TPSA) is 95.4 Å². The highest BCUT2D eigenvalue weighted by molar-refractivity contribution is 6.10. The molecule has 0 aliphatic heterocycles. The first-order valence-electron chi connectivity index (χ1n) is 22.5. The molecule has 12 rings (SSSR count). The van der Waals surface area contributed by atoms with E-state index in [1.807, 2.05) is 146 Å². The molecule has 0 aliphatic rings. The molecule has 0 amide bonds. The number of furan rings is 1. The Balaban J connectivity index is 1.17. The second-order valence-electron chi connectivity index (χ2n) is 14.8. The van der Waals surface area contributed by atoms with Gasteiger partial charge in [0.25, 0.3) is 0 Å². The Morgan fingerprint density at radius 3 is 1.45 bits per heavy atom. The van der Waals surface area contributed by atoms with Crippen LogP contribution < -0.4 is 0 Å². The van der Waals surface area contributed by atoms with Crippen LogP contribution in [0.25, 0.3) is 118 Å². The van der Waals surface area contributed by atoms with Crippen LogP contribution in [0.5, 0.6) is 0 Å². The zero-order valence-corrected chi connectivity index (χ0v) is 32.7. The van der Waals surface area contributed by atoms with Crippen molar-refractivity contribution >= 4 is 43.7 Å². The molecule has 8 heteroatoms. The van der Waals surface area contributed by atoms with Gasteiger partial charge in [0, 0.05) is 54.9 Å². The van der Waals surface area contributed by atoms with Gasteiger partial charge in [-0.2, -0.15) is 0 Å². The Kier molecular flexibility index (Phi) is 7.16. The molecule has 0 N–H and O–H groups in total. The predicted molar refractivity (Wildman–Crippen MR) is 247 cm³/mol. The van der Waals surface area contributed by atoms with E-state index in [1.165, 1.54) is 0 Å². The van der Waals surface area contributed by atoms with Gasteiger partial charge in [0.15, 0.2) is 34.9 Å². The number of hydrogen-bond donors (Lipinski definition) is 0. The standard InChI is InChI=1S/C54H33N7O/c1-4-16-34(17-5-1)49-55-50(35-18-6-2-7-19-35)57-52(56-49)37-29-31-46(61-44-25-13-10-22-39(44)40-23-11-14-26-45(40)61)43(32-37)54-59-51(36-20-8-3-9-21-36)58-53(60-54)38-28-30-42-41-24-12-15-27-47(41)62-48(42)33-38/h1-33H/i3D,8D,9D,20D,21D. The number of hydrogen-bond acceptors (Lipinski definition) is 7. The minimum Gasteiger partial charge on any atom is -0.456 e. The molecule has 0 unspecified atom stereocenters. The van der Waals surface area contributed by atoms with Crippen molar-refractivity contribution in [2.75, 3.05) is 0 Å². The first-order valence-corrected chi connectivity index (χ1v) is 20.0. The summed E-state index contributed by atoms with van der Waals surface area (Å²) in [7, 11) is 0. The molecule has 4 aromatic heterocycles. The lowest BCUT2D eigenvalue weighted by Crippen LogP contribution is -2.05. The lowest BCUT2D eigenvalue weighted by molar-refractivity contribution is 0.669. The Morgan fingerprint density at radius 2 is 0.823 bits per heavy atom. The molecular formula is C54H33N7O. The highest BCUT2D eigenvalue weighted by Crippen LogP contribution is 2.39. The van der Waals surface area contributed by atoms with E-state index >= 15 is 0 Å². The summed E-state index contributed by atoms with van der Waals surface area (Å²) in [4.78, 5) is 30.2. The molecular weight excluding hydrogens is 763 g/mol. The number of rotatable bonds is 7. The Labute approximate surface area is 362 Å². The zero-order chi connectivity index (χ0) is 45.3. The Hall–Kier alpha value is -8.62. The number of benzene rings is 8. The van der Waals surface area contributed by atoms with Crippen LogP contribution in [0, 0.1) is 0 Å². The average Bonchev–Trinajstić information content (AvgIpc) is 3.93. The van der Waals surface area contributed by atoms with Gasteiger partial charge in [-0.1, -0.05) is 152 Å². The molecule has 0 saturated carbocycles. The van der Waals surface area contributed by atoms with Crippen molar-refractivity contribution in [3.05, 3.63) is 200 Å².